The van der Waals surface area contributed by atoms with Crippen LogP contribution < -0.4 is 11.1 Å². The molecule has 0 bridgehead atoms. The van der Waals surface area contributed by atoms with Crippen LogP contribution in [0.5, 0.6) is 0 Å². The van der Waals surface area contributed by atoms with Crippen LogP contribution in [-0.4, -0.2) is 44.2 Å². The number of methoxy groups -OCH3 is 1. The Balaban J connectivity index is 3.11. The highest BCUT2D eigenvalue weighted by Crippen LogP contribution is 1.96. The Kier molecular flexibility index (Phi) is 9.63. The molecule has 0 aliphatic rings. The SMILES string of the molecule is COCCCNC(=O)CSCCN. The van der Waals surface area contributed by atoms with E-state index in [0.29, 0.717) is 25.4 Å². The Labute approximate surface area is 83.6 Å². The molecule has 13 heavy (non-hydrogen) atoms. The summed E-state index contributed by atoms with van der Waals surface area (Å²) >= 11 is 1.56. The van der Waals surface area contributed by atoms with Gasteiger partial charge in [-0.3, -0.25) is 4.79 Å². The van der Waals surface area contributed by atoms with Gasteiger partial charge >= 0.3 is 0 Å². The second-order valence-electron chi connectivity index (χ2n) is 2.54. The average Bonchev–Trinajstić information content (AvgIpc) is 2.13. The standard InChI is InChI=1S/C8H18N2O2S/c1-12-5-2-4-10-8(11)7-13-6-3-9/h2-7,9H2,1H3,(H,10,11). The summed E-state index contributed by atoms with van der Waals surface area (Å²) in [5, 5.41) is 2.80. The van der Waals surface area contributed by atoms with Gasteiger partial charge in [0, 0.05) is 32.6 Å². The van der Waals surface area contributed by atoms with Crippen molar-refractivity contribution in [2.75, 3.05) is 38.3 Å². The molecule has 0 fully saturated rings. The van der Waals surface area contributed by atoms with Gasteiger partial charge in [-0.25, -0.2) is 0 Å². The third-order valence-corrected chi connectivity index (χ3v) is 2.33. The van der Waals surface area contributed by atoms with Gasteiger partial charge in [0.25, 0.3) is 0 Å². The fourth-order valence-corrected chi connectivity index (χ4v) is 1.34. The van der Waals surface area contributed by atoms with Crippen LogP contribution in [0.3, 0.4) is 0 Å². The smallest absolute Gasteiger partial charge is 0.229 e. The normalized spacial score (nSPS) is 10.0. The molecule has 5 heteroatoms. The van der Waals surface area contributed by atoms with Crippen molar-refractivity contribution in [3.8, 4) is 0 Å². The van der Waals surface area contributed by atoms with E-state index >= 15 is 0 Å². The molecule has 0 atom stereocenters. The van der Waals surface area contributed by atoms with Crippen molar-refractivity contribution in [3.63, 3.8) is 0 Å². The molecular weight excluding hydrogens is 188 g/mol. The van der Waals surface area contributed by atoms with Crippen molar-refractivity contribution in [2.45, 2.75) is 6.42 Å². The van der Waals surface area contributed by atoms with E-state index in [2.05, 4.69) is 5.32 Å². The zero-order valence-corrected chi connectivity index (χ0v) is 8.86. The van der Waals surface area contributed by atoms with Crippen molar-refractivity contribution < 1.29 is 9.53 Å². The van der Waals surface area contributed by atoms with Crippen LogP contribution in [-0.2, 0) is 9.53 Å². The number of rotatable bonds is 8. The summed E-state index contributed by atoms with van der Waals surface area (Å²) in [6.07, 6.45) is 0.865. The maximum Gasteiger partial charge on any atom is 0.229 e. The lowest BCUT2D eigenvalue weighted by Crippen LogP contribution is -2.27. The van der Waals surface area contributed by atoms with E-state index in [1.165, 1.54) is 0 Å². The predicted octanol–water partition coefficient (Wildman–Crippen LogP) is -0.169. The Morgan fingerprint density at radius 3 is 3.00 bits per heavy atom. The van der Waals surface area contributed by atoms with Crippen molar-refractivity contribution >= 4 is 17.7 Å². The van der Waals surface area contributed by atoms with Gasteiger partial charge in [-0.05, 0) is 6.42 Å². The summed E-state index contributed by atoms with van der Waals surface area (Å²) in [6.45, 7) is 2.01. The number of amides is 1. The summed E-state index contributed by atoms with van der Waals surface area (Å²) in [6, 6.07) is 0. The number of carbonyl (C=O) groups excluding carboxylic acids is 1. The number of nitrogens with one attached hydrogen (secondary N) is 1. The average molecular weight is 206 g/mol. The Morgan fingerprint density at radius 1 is 1.62 bits per heavy atom. The largest absolute Gasteiger partial charge is 0.385 e. The maximum atomic E-state index is 11.1. The molecule has 0 spiro atoms. The molecule has 0 heterocycles. The second kappa shape index (κ2) is 9.83. The molecule has 3 N–H and O–H groups in total. The van der Waals surface area contributed by atoms with Crippen LogP contribution in [0.2, 0.25) is 0 Å². The molecule has 0 saturated heterocycles. The Morgan fingerprint density at radius 2 is 2.38 bits per heavy atom. The van der Waals surface area contributed by atoms with Crippen LogP contribution in [0.4, 0.5) is 0 Å². The zero-order valence-electron chi connectivity index (χ0n) is 8.04. The summed E-state index contributed by atoms with van der Waals surface area (Å²) in [5.74, 6) is 1.42. The van der Waals surface area contributed by atoms with Gasteiger partial charge < -0.3 is 15.8 Å². The monoisotopic (exact) mass is 206 g/mol. The predicted molar refractivity (Wildman–Crippen MR) is 55.9 cm³/mol. The lowest BCUT2D eigenvalue weighted by molar-refractivity contribution is -0.118. The van der Waals surface area contributed by atoms with E-state index < -0.39 is 0 Å². The number of nitrogens with two attached hydrogens (primary N) is 1. The van der Waals surface area contributed by atoms with Crippen molar-refractivity contribution in [1.29, 1.82) is 0 Å². The third kappa shape index (κ3) is 9.66. The van der Waals surface area contributed by atoms with Crippen LogP contribution in [0, 0.1) is 0 Å². The highest BCUT2D eigenvalue weighted by Gasteiger charge is 1.98. The molecule has 0 aliphatic carbocycles. The van der Waals surface area contributed by atoms with E-state index in [9.17, 15) is 4.79 Å². The minimum absolute atomic E-state index is 0.0783. The zero-order chi connectivity index (χ0) is 9.94. The van der Waals surface area contributed by atoms with Crippen molar-refractivity contribution in [1.82, 2.24) is 5.32 Å². The number of hydrogen-bond acceptors (Lipinski definition) is 4. The Bertz CT molecular complexity index is 133. The lowest BCUT2D eigenvalue weighted by atomic mass is 10.4. The van der Waals surface area contributed by atoms with Crippen molar-refractivity contribution in [2.24, 2.45) is 5.73 Å². The van der Waals surface area contributed by atoms with E-state index in [0.717, 1.165) is 12.2 Å². The molecular formula is C8H18N2O2S. The lowest BCUT2D eigenvalue weighted by Gasteiger charge is -2.03. The maximum absolute atomic E-state index is 11.1. The second-order valence-corrected chi connectivity index (χ2v) is 3.64. The molecule has 0 unspecified atom stereocenters. The molecule has 0 rings (SSSR count). The fraction of sp³-hybridized carbons (Fsp3) is 0.875. The van der Waals surface area contributed by atoms with Crippen LogP contribution in [0.15, 0.2) is 0 Å². The van der Waals surface area contributed by atoms with Gasteiger partial charge in [-0.15, -0.1) is 0 Å². The molecule has 78 valence electrons. The molecule has 0 aromatic heterocycles. The van der Waals surface area contributed by atoms with Crippen molar-refractivity contribution in [3.05, 3.63) is 0 Å². The summed E-state index contributed by atoms with van der Waals surface area (Å²) in [5.41, 5.74) is 5.29. The first-order valence-electron chi connectivity index (χ1n) is 4.34. The fourth-order valence-electron chi connectivity index (χ4n) is 0.744. The van der Waals surface area contributed by atoms with Gasteiger partial charge in [0.15, 0.2) is 0 Å². The topological polar surface area (TPSA) is 64.3 Å². The first kappa shape index (κ1) is 12.7. The van der Waals surface area contributed by atoms with E-state index in [4.69, 9.17) is 10.5 Å². The van der Waals surface area contributed by atoms with Crippen LogP contribution >= 0.6 is 11.8 Å². The number of thioether (sulfide) groups is 1. The number of carbonyl (C=O) groups is 1. The first-order chi connectivity index (χ1) is 6.31. The van der Waals surface area contributed by atoms with Gasteiger partial charge in [0.05, 0.1) is 5.75 Å². The van der Waals surface area contributed by atoms with E-state index in [1.54, 1.807) is 18.9 Å². The Hall–Kier alpha value is -0.260. The van der Waals surface area contributed by atoms with E-state index in [-0.39, 0.29) is 5.91 Å². The molecule has 0 aliphatic heterocycles. The number of hydrogen-bond donors (Lipinski definition) is 2. The van der Waals surface area contributed by atoms with Gasteiger partial charge in [-0.1, -0.05) is 0 Å². The van der Waals surface area contributed by atoms with Crippen LogP contribution in [0.1, 0.15) is 6.42 Å². The highest BCUT2D eigenvalue weighted by atomic mass is 32.2. The minimum Gasteiger partial charge on any atom is -0.385 e. The summed E-state index contributed by atoms with van der Waals surface area (Å²) in [7, 11) is 1.65. The minimum atomic E-state index is 0.0783. The molecule has 0 aromatic rings. The molecule has 4 nitrogen and oxygen atoms in total. The summed E-state index contributed by atoms with van der Waals surface area (Å²) < 4.78 is 4.85. The third-order valence-electron chi connectivity index (χ3n) is 1.34. The number of ether oxygens (including phenoxy) is 1. The summed E-state index contributed by atoms with van der Waals surface area (Å²) in [4.78, 5) is 11.1. The highest BCUT2D eigenvalue weighted by molar-refractivity contribution is 7.99. The van der Waals surface area contributed by atoms with Gasteiger partial charge in [0.2, 0.25) is 5.91 Å². The quantitative estimate of drug-likeness (QED) is 0.541. The molecule has 0 saturated carbocycles. The first-order valence-corrected chi connectivity index (χ1v) is 5.50. The molecule has 1 amide bonds. The van der Waals surface area contributed by atoms with Gasteiger partial charge in [0.1, 0.15) is 0 Å². The van der Waals surface area contributed by atoms with E-state index in [1.807, 2.05) is 0 Å². The van der Waals surface area contributed by atoms with Crippen LogP contribution in [0.25, 0.3) is 0 Å². The van der Waals surface area contributed by atoms with Gasteiger partial charge in [-0.2, -0.15) is 11.8 Å². The molecule has 0 aromatic carbocycles. The molecule has 0 radical (unpaired) electrons.